The molecule has 1 saturated heterocycles. The summed E-state index contributed by atoms with van der Waals surface area (Å²) in [6, 6.07) is 7.04. The van der Waals surface area contributed by atoms with Crippen molar-refractivity contribution in [1.82, 2.24) is 15.0 Å². The molecule has 42 heavy (non-hydrogen) atoms. The molecule has 1 atom stereocenters. The van der Waals surface area contributed by atoms with Gasteiger partial charge in [0.15, 0.2) is 22.6 Å². The molecule has 1 amide bonds. The zero-order valence-corrected chi connectivity index (χ0v) is 24.2. The van der Waals surface area contributed by atoms with E-state index in [0.29, 0.717) is 42.1 Å². The molecule has 3 aliphatic rings. The minimum Gasteiger partial charge on any atom is -0.396 e. The second-order valence-corrected chi connectivity index (χ2v) is 11.6. The van der Waals surface area contributed by atoms with E-state index in [0.717, 1.165) is 54.7 Å². The highest BCUT2D eigenvalue weighted by Crippen LogP contribution is 2.33. The van der Waals surface area contributed by atoms with E-state index in [-0.39, 0.29) is 28.6 Å². The lowest BCUT2D eigenvalue weighted by molar-refractivity contribution is -0.117. The predicted octanol–water partition coefficient (Wildman–Crippen LogP) is 6.18. The fraction of sp³-hybridized carbons (Fsp3) is 0.345. The number of amides is 1. The topological polar surface area (TPSA) is 133 Å². The van der Waals surface area contributed by atoms with Crippen molar-refractivity contribution in [2.24, 2.45) is 16.8 Å². The molecule has 3 aliphatic heterocycles. The third-order valence-electron chi connectivity index (χ3n) is 7.78. The minimum absolute atomic E-state index is 0.0343. The quantitative estimate of drug-likeness (QED) is 0.258. The zero-order valence-electron chi connectivity index (χ0n) is 22.7. The number of hydrogen-bond acceptors (Lipinski definition) is 9. The number of aliphatic imine (C=N–C) groups is 1. The summed E-state index contributed by atoms with van der Waals surface area (Å²) in [4.78, 5) is 32.6. The number of pyridine rings is 1. The fourth-order valence-electron chi connectivity index (χ4n) is 5.58. The van der Waals surface area contributed by atoms with Crippen LogP contribution in [0.3, 0.4) is 0 Å². The maximum absolute atomic E-state index is 13.7. The van der Waals surface area contributed by atoms with Gasteiger partial charge >= 0.3 is 0 Å². The first-order valence-electron chi connectivity index (χ1n) is 13.9. The number of carbonyl (C=O) groups is 1. The Labute approximate surface area is 252 Å². The molecular formula is C29H30Cl2FN9O. The van der Waals surface area contributed by atoms with Crippen LogP contribution in [0.15, 0.2) is 47.4 Å². The van der Waals surface area contributed by atoms with Gasteiger partial charge in [0.1, 0.15) is 5.02 Å². The van der Waals surface area contributed by atoms with Gasteiger partial charge in [0, 0.05) is 61.0 Å². The number of nitrogen functional groups attached to an aromatic ring is 1. The van der Waals surface area contributed by atoms with E-state index in [4.69, 9.17) is 28.9 Å². The summed E-state index contributed by atoms with van der Waals surface area (Å²) in [5.41, 5.74) is 9.78. The Balaban J connectivity index is 1.14. The van der Waals surface area contributed by atoms with Crippen LogP contribution in [0.4, 0.5) is 39.0 Å². The molecule has 218 valence electrons. The molecule has 13 heteroatoms. The van der Waals surface area contributed by atoms with Gasteiger partial charge in [-0.1, -0.05) is 23.2 Å². The highest BCUT2D eigenvalue weighted by atomic mass is 35.5. The van der Waals surface area contributed by atoms with E-state index in [2.05, 4.69) is 35.9 Å². The molecule has 1 aromatic carbocycles. The van der Waals surface area contributed by atoms with E-state index in [1.54, 1.807) is 12.4 Å². The summed E-state index contributed by atoms with van der Waals surface area (Å²) in [6.45, 7) is 1.31. The molecule has 0 spiro atoms. The first-order chi connectivity index (χ1) is 20.3. The second kappa shape index (κ2) is 12.1. The predicted molar refractivity (Wildman–Crippen MR) is 165 cm³/mol. The summed E-state index contributed by atoms with van der Waals surface area (Å²) >= 11 is 12.3. The van der Waals surface area contributed by atoms with Crippen molar-refractivity contribution in [2.45, 2.75) is 38.5 Å². The summed E-state index contributed by atoms with van der Waals surface area (Å²) < 4.78 is 13.7. The molecule has 10 nitrogen and oxygen atoms in total. The maximum Gasteiger partial charge on any atom is 0.229 e. The van der Waals surface area contributed by atoms with Gasteiger partial charge in [-0.2, -0.15) is 4.98 Å². The SMILES string of the molecule is Nc1cc(F)c(Cl)nc1N1CCC(CC(=O)Nc2ccc3cc2CCC2C=NC=C(C2)Nc2ncc(Cl)c(n2)N3)CC1. The normalized spacial score (nSPS) is 18.5. The Morgan fingerprint density at radius 1 is 1.14 bits per heavy atom. The number of carbonyl (C=O) groups excluding carboxylic acids is 1. The summed E-state index contributed by atoms with van der Waals surface area (Å²) in [5, 5.41) is 9.90. The smallest absolute Gasteiger partial charge is 0.229 e. The lowest BCUT2D eigenvalue weighted by Gasteiger charge is -2.33. The van der Waals surface area contributed by atoms with Gasteiger partial charge in [0.2, 0.25) is 11.9 Å². The van der Waals surface area contributed by atoms with Crippen molar-refractivity contribution in [3.63, 3.8) is 0 Å². The number of piperidine rings is 1. The number of nitrogens with two attached hydrogens (primary N) is 1. The zero-order chi connectivity index (χ0) is 29.2. The van der Waals surface area contributed by atoms with Gasteiger partial charge < -0.3 is 26.6 Å². The van der Waals surface area contributed by atoms with E-state index >= 15 is 0 Å². The van der Waals surface area contributed by atoms with Crippen LogP contribution in [0, 0.1) is 17.7 Å². The summed E-state index contributed by atoms with van der Waals surface area (Å²) in [5.74, 6) is 1.18. The monoisotopic (exact) mass is 609 g/mol. The molecule has 1 unspecified atom stereocenters. The molecule has 6 bridgehead atoms. The van der Waals surface area contributed by atoms with Gasteiger partial charge in [-0.15, -0.1) is 0 Å². The van der Waals surface area contributed by atoms with E-state index in [1.807, 2.05) is 29.3 Å². The van der Waals surface area contributed by atoms with Crippen LogP contribution in [0.2, 0.25) is 10.2 Å². The Morgan fingerprint density at radius 2 is 1.98 bits per heavy atom. The lowest BCUT2D eigenvalue weighted by Crippen LogP contribution is -2.36. The number of halogens is 3. The van der Waals surface area contributed by atoms with Gasteiger partial charge in [-0.05, 0) is 61.8 Å². The van der Waals surface area contributed by atoms with E-state index in [9.17, 15) is 9.18 Å². The largest absolute Gasteiger partial charge is 0.396 e. The van der Waals surface area contributed by atoms with Crippen LogP contribution in [-0.4, -0.2) is 40.2 Å². The van der Waals surface area contributed by atoms with Gasteiger partial charge in [-0.25, -0.2) is 14.4 Å². The third-order valence-corrected chi connectivity index (χ3v) is 8.32. The average molecular weight is 611 g/mol. The Morgan fingerprint density at radius 3 is 2.81 bits per heavy atom. The molecule has 5 heterocycles. The molecule has 3 aromatic rings. The standard InChI is InChI=1S/C29H30Cl2FN9O/c30-21-15-35-29-37-20-9-17(13-34-14-20)1-2-18-11-19(36-27(21)40-29)3-4-24(18)38-25(42)10-16-5-7-41(8-6-16)28-23(33)12-22(32)26(31)39-28/h3-4,11-17H,1-2,5-10,33H2,(H,38,42)(H2,35,36,37,40). The second-order valence-electron chi connectivity index (χ2n) is 10.8. The maximum atomic E-state index is 13.7. The van der Waals surface area contributed by atoms with Crippen LogP contribution < -0.4 is 26.6 Å². The molecule has 0 aliphatic carbocycles. The molecule has 5 N–H and O–H groups in total. The number of aryl methyl sites for hydroxylation is 1. The number of anilines is 6. The van der Waals surface area contributed by atoms with Crippen molar-refractivity contribution in [3.05, 3.63) is 63.9 Å². The van der Waals surface area contributed by atoms with Crippen LogP contribution in [0.5, 0.6) is 0 Å². The molecule has 1 fully saturated rings. The first-order valence-corrected chi connectivity index (χ1v) is 14.6. The number of nitrogens with zero attached hydrogens (tertiary/aromatic N) is 5. The molecule has 2 aromatic heterocycles. The third kappa shape index (κ3) is 6.42. The van der Waals surface area contributed by atoms with Crippen LogP contribution in [0.1, 0.15) is 37.7 Å². The number of benzene rings is 1. The van der Waals surface area contributed by atoms with E-state index in [1.165, 1.54) is 6.07 Å². The Hall–Kier alpha value is -3.96. The highest BCUT2D eigenvalue weighted by molar-refractivity contribution is 6.33. The number of fused-ring (bicyclic) bond motifs is 6. The number of allylic oxidation sites excluding steroid dienone is 1. The van der Waals surface area contributed by atoms with Crippen molar-refractivity contribution < 1.29 is 9.18 Å². The highest BCUT2D eigenvalue weighted by Gasteiger charge is 2.25. The van der Waals surface area contributed by atoms with Gasteiger partial charge in [-0.3, -0.25) is 9.79 Å². The number of nitrogens with one attached hydrogen (secondary N) is 3. The lowest BCUT2D eigenvalue weighted by atomic mass is 9.92. The molecule has 6 rings (SSSR count). The fourth-order valence-corrected chi connectivity index (χ4v) is 5.85. The average Bonchev–Trinajstić information content (AvgIpc) is 2.97. The Kier molecular flexibility index (Phi) is 8.12. The summed E-state index contributed by atoms with van der Waals surface area (Å²) in [7, 11) is 0. The van der Waals surface area contributed by atoms with Gasteiger partial charge in [0.05, 0.1) is 11.9 Å². The van der Waals surface area contributed by atoms with Crippen molar-refractivity contribution in [1.29, 1.82) is 0 Å². The molecular weight excluding hydrogens is 580 g/mol. The number of aromatic nitrogens is 3. The number of rotatable bonds is 4. The van der Waals surface area contributed by atoms with Crippen LogP contribution >= 0.6 is 23.2 Å². The minimum atomic E-state index is -0.635. The first kappa shape index (κ1) is 28.2. The van der Waals surface area contributed by atoms with Crippen LogP contribution in [-0.2, 0) is 11.2 Å². The van der Waals surface area contributed by atoms with Gasteiger partial charge in [0.25, 0.3) is 0 Å². The van der Waals surface area contributed by atoms with Crippen LogP contribution in [0.25, 0.3) is 0 Å². The van der Waals surface area contributed by atoms with Crippen molar-refractivity contribution in [3.8, 4) is 0 Å². The molecule has 0 radical (unpaired) electrons. The molecule has 0 saturated carbocycles. The van der Waals surface area contributed by atoms with Crippen molar-refractivity contribution >= 4 is 70.0 Å². The van der Waals surface area contributed by atoms with Crippen molar-refractivity contribution in [2.75, 3.05) is 39.7 Å². The van der Waals surface area contributed by atoms with E-state index < -0.39 is 5.82 Å². The number of hydrogen-bond donors (Lipinski definition) is 4. The Bertz CT molecular complexity index is 1570. The summed E-state index contributed by atoms with van der Waals surface area (Å²) in [6.07, 6.45) is 9.67.